The minimum Gasteiger partial charge on any atom is -0.449 e. The summed E-state index contributed by atoms with van der Waals surface area (Å²) >= 11 is 0. The van der Waals surface area contributed by atoms with Gasteiger partial charge in [-0.25, -0.2) is 9.78 Å². The van der Waals surface area contributed by atoms with Crippen LogP contribution in [0.15, 0.2) is 17.2 Å². The van der Waals surface area contributed by atoms with Crippen LogP contribution in [0.4, 0.5) is 10.7 Å². The third kappa shape index (κ3) is 2.67. The normalized spacial score (nSPS) is 17.9. The summed E-state index contributed by atoms with van der Waals surface area (Å²) in [5, 5.41) is 12.4. The van der Waals surface area contributed by atoms with Gasteiger partial charge in [-0.2, -0.15) is 4.98 Å². The van der Waals surface area contributed by atoms with Crippen molar-refractivity contribution in [3.05, 3.63) is 22.6 Å². The highest BCUT2D eigenvalue weighted by atomic mass is 16.7. The Kier molecular flexibility index (Phi) is 3.57. The molecule has 2 aromatic heterocycles. The number of nitrogens with one attached hydrogen (secondary N) is 1. The molecule has 2 aliphatic rings. The van der Waals surface area contributed by atoms with Crippen LogP contribution in [0.2, 0.25) is 0 Å². The average molecular weight is 331 g/mol. The number of aromatic nitrogens is 3. The number of carbonyl (C=O) groups is 1. The molecule has 4 rings (SSSR count). The molecule has 1 saturated carbocycles. The summed E-state index contributed by atoms with van der Waals surface area (Å²) in [6.45, 7) is 3.34. The van der Waals surface area contributed by atoms with E-state index in [2.05, 4.69) is 24.9 Å². The molecule has 24 heavy (non-hydrogen) atoms. The third-order valence-electron chi connectivity index (χ3n) is 4.26. The van der Waals surface area contributed by atoms with E-state index >= 15 is 0 Å². The fourth-order valence-electron chi connectivity index (χ4n) is 2.91. The fourth-order valence-corrected chi connectivity index (χ4v) is 2.91. The molecular weight excluding hydrogens is 314 g/mol. The topological polar surface area (TPSA) is 110 Å². The summed E-state index contributed by atoms with van der Waals surface area (Å²) < 4.78 is 6.46. The van der Waals surface area contributed by atoms with Gasteiger partial charge in [-0.05, 0) is 12.8 Å². The Labute approximate surface area is 136 Å². The van der Waals surface area contributed by atoms with E-state index in [0.29, 0.717) is 11.6 Å². The summed E-state index contributed by atoms with van der Waals surface area (Å²) in [5.41, 5.74) is 0.0277. The Morgan fingerprint density at radius 1 is 1.33 bits per heavy atom. The van der Waals surface area contributed by atoms with Crippen molar-refractivity contribution in [3.8, 4) is 5.75 Å². The first kappa shape index (κ1) is 14.9. The number of carboxylic acid groups (broad SMARTS) is 1. The van der Waals surface area contributed by atoms with Crippen LogP contribution in [0.25, 0.3) is 11.0 Å². The Morgan fingerprint density at radius 2 is 2.08 bits per heavy atom. The van der Waals surface area contributed by atoms with Crippen molar-refractivity contribution in [2.45, 2.75) is 18.9 Å². The summed E-state index contributed by atoms with van der Waals surface area (Å²) in [5.74, 6) is 0.380. The number of hydrogen-bond donors (Lipinski definition) is 2. The average Bonchev–Trinajstić information content (AvgIpc) is 3.42. The zero-order valence-corrected chi connectivity index (χ0v) is 12.9. The Morgan fingerprint density at radius 3 is 2.75 bits per heavy atom. The van der Waals surface area contributed by atoms with Gasteiger partial charge in [-0.3, -0.25) is 4.79 Å². The predicted molar refractivity (Wildman–Crippen MR) is 85.8 cm³/mol. The Balaban J connectivity index is 1.84. The van der Waals surface area contributed by atoms with Gasteiger partial charge in [0.15, 0.2) is 5.75 Å². The largest absolute Gasteiger partial charge is 0.511 e. The standard InChI is InChI=1S/C15H17N5O4/c21-12-10-7-17-14(19-5-3-16-4-6-19)18-13(10)20(9-1-2-9)8-11(12)24-15(22)23/h7-9,16H,1-6H2,(H,22,23). The fraction of sp³-hybridized carbons (Fsp3) is 0.467. The Bertz CT molecular complexity index is 855. The van der Waals surface area contributed by atoms with E-state index in [-0.39, 0.29) is 17.2 Å². The highest BCUT2D eigenvalue weighted by molar-refractivity contribution is 5.78. The number of anilines is 1. The van der Waals surface area contributed by atoms with Crippen molar-refractivity contribution in [2.24, 2.45) is 0 Å². The minimum absolute atomic E-state index is 0.208. The van der Waals surface area contributed by atoms with Crippen LogP contribution in [-0.2, 0) is 0 Å². The van der Waals surface area contributed by atoms with E-state index in [1.807, 2.05) is 4.57 Å². The molecule has 0 unspecified atom stereocenters. The quantitative estimate of drug-likeness (QED) is 0.787. The van der Waals surface area contributed by atoms with Crippen LogP contribution in [0.5, 0.6) is 5.75 Å². The molecule has 2 fully saturated rings. The second kappa shape index (κ2) is 5.75. The monoisotopic (exact) mass is 331 g/mol. The van der Waals surface area contributed by atoms with E-state index in [4.69, 9.17) is 5.11 Å². The molecule has 1 aliphatic heterocycles. The zero-order chi connectivity index (χ0) is 16.7. The lowest BCUT2D eigenvalue weighted by Gasteiger charge is -2.27. The summed E-state index contributed by atoms with van der Waals surface area (Å²) in [4.78, 5) is 34.2. The molecule has 9 heteroatoms. The van der Waals surface area contributed by atoms with Gasteiger partial charge in [-0.1, -0.05) is 0 Å². The molecule has 2 N–H and O–H groups in total. The zero-order valence-electron chi connectivity index (χ0n) is 12.9. The lowest BCUT2D eigenvalue weighted by atomic mass is 10.3. The third-order valence-corrected chi connectivity index (χ3v) is 4.26. The number of hydrogen-bond acceptors (Lipinski definition) is 7. The smallest absolute Gasteiger partial charge is 0.449 e. The van der Waals surface area contributed by atoms with Crippen molar-refractivity contribution in [2.75, 3.05) is 31.1 Å². The molecule has 0 spiro atoms. The highest BCUT2D eigenvalue weighted by Crippen LogP contribution is 2.37. The molecular formula is C15H17N5O4. The van der Waals surface area contributed by atoms with Gasteiger partial charge in [0.25, 0.3) is 0 Å². The molecule has 3 heterocycles. The molecule has 9 nitrogen and oxygen atoms in total. The lowest BCUT2D eigenvalue weighted by molar-refractivity contribution is 0.143. The van der Waals surface area contributed by atoms with Gasteiger partial charge < -0.3 is 24.6 Å². The first-order valence-electron chi connectivity index (χ1n) is 7.92. The van der Waals surface area contributed by atoms with E-state index in [1.54, 1.807) is 0 Å². The van der Waals surface area contributed by atoms with Gasteiger partial charge in [0, 0.05) is 38.4 Å². The van der Waals surface area contributed by atoms with Crippen LogP contribution < -0.4 is 20.4 Å². The number of pyridine rings is 1. The van der Waals surface area contributed by atoms with Crippen LogP contribution in [0.1, 0.15) is 18.9 Å². The number of rotatable bonds is 3. The van der Waals surface area contributed by atoms with Crippen molar-refractivity contribution in [1.82, 2.24) is 19.9 Å². The second-order valence-electron chi connectivity index (χ2n) is 5.97. The molecule has 0 aromatic carbocycles. The number of nitrogens with zero attached hydrogens (tertiary/aromatic N) is 4. The molecule has 0 bridgehead atoms. The maximum Gasteiger partial charge on any atom is 0.511 e. The van der Waals surface area contributed by atoms with Gasteiger partial charge >= 0.3 is 6.16 Å². The van der Waals surface area contributed by atoms with Crippen molar-refractivity contribution in [1.29, 1.82) is 0 Å². The molecule has 2 aromatic rings. The van der Waals surface area contributed by atoms with Crippen LogP contribution in [0.3, 0.4) is 0 Å². The first-order chi connectivity index (χ1) is 11.6. The highest BCUT2D eigenvalue weighted by Gasteiger charge is 2.28. The second-order valence-corrected chi connectivity index (χ2v) is 5.97. The molecule has 126 valence electrons. The SMILES string of the molecule is O=C(O)Oc1cn(C2CC2)c2nc(N3CCNCC3)ncc2c1=O. The lowest BCUT2D eigenvalue weighted by Crippen LogP contribution is -2.44. The van der Waals surface area contributed by atoms with Crippen LogP contribution >= 0.6 is 0 Å². The van der Waals surface area contributed by atoms with Crippen LogP contribution in [0, 0.1) is 0 Å². The van der Waals surface area contributed by atoms with E-state index in [9.17, 15) is 9.59 Å². The maximum absolute atomic E-state index is 12.4. The van der Waals surface area contributed by atoms with Crippen molar-refractivity contribution < 1.29 is 14.6 Å². The molecule has 0 atom stereocenters. The molecule has 0 amide bonds. The maximum atomic E-state index is 12.4. The predicted octanol–water partition coefficient (Wildman–Crippen LogP) is 0.593. The summed E-state index contributed by atoms with van der Waals surface area (Å²) in [7, 11) is 0. The van der Waals surface area contributed by atoms with Crippen LogP contribution in [-0.4, -0.2) is 52.0 Å². The molecule has 1 saturated heterocycles. The van der Waals surface area contributed by atoms with Gasteiger partial charge in [0.05, 0.1) is 11.6 Å². The first-order valence-corrected chi connectivity index (χ1v) is 7.92. The summed E-state index contributed by atoms with van der Waals surface area (Å²) in [6.07, 6.45) is 3.35. The van der Waals surface area contributed by atoms with Gasteiger partial charge in [-0.15, -0.1) is 0 Å². The van der Waals surface area contributed by atoms with Gasteiger partial charge in [0.2, 0.25) is 11.4 Å². The number of piperazine rings is 1. The van der Waals surface area contributed by atoms with E-state index in [0.717, 1.165) is 39.0 Å². The Hall–Kier alpha value is -2.68. The van der Waals surface area contributed by atoms with Gasteiger partial charge in [0.1, 0.15) is 5.65 Å². The summed E-state index contributed by atoms with van der Waals surface area (Å²) in [6, 6.07) is 0.218. The van der Waals surface area contributed by atoms with Crippen molar-refractivity contribution in [3.63, 3.8) is 0 Å². The number of ether oxygens (including phenoxy) is 1. The van der Waals surface area contributed by atoms with E-state index in [1.165, 1.54) is 12.4 Å². The van der Waals surface area contributed by atoms with Crippen molar-refractivity contribution >= 4 is 23.1 Å². The molecule has 0 radical (unpaired) electrons. The molecule has 1 aliphatic carbocycles. The van der Waals surface area contributed by atoms with E-state index < -0.39 is 11.6 Å². The minimum atomic E-state index is -1.51. The number of fused-ring (bicyclic) bond motifs is 1.